The van der Waals surface area contributed by atoms with Crippen LogP contribution in [0.3, 0.4) is 0 Å². The highest BCUT2D eigenvalue weighted by molar-refractivity contribution is 5.69. The van der Waals surface area contributed by atoms with E-state index in [1.165, 1.54) is 5.69 Å². The summed E-state index contributed by atoms with van der Waals surface area (Å²) in [6.07, 6.45) is 2.00. The van der Waals surface area contributed by atoms with E-state index in [1.807, 2.05) is 18.2 Å². The number of carbonyl (C=O) groups is 1. The number of carboxylic acids is 1. The standard InChI is InChI=1S/C13H18N2O2/c16-13(17)10-14-11-6-8-15(9-7-11)12-4-2-1-3-5-12/h1-5,11,14H,6-10H2,(H,16,17). The lowest BCUT2D eigenvalue weighted by molar-refractivity contribution is -0.136. The molecule has 0 aliphatic carbocycles. The first kappa shape index (κ1) is 11.9. The van der Waals surface area contributed by atoms with Gasteiger partial charge in [-0.15, -0.1) is 0 Å². The maximum absolute atomic E-state index is 10.5. The van der Waals surface area contributed by atoms with Gasteiger partial charge >= 0.3 is 5.97 Å². The summed E-state index contributed by atoms with van der Waals surface area (Å²) in [6.45, 7) is 2.04. The fourth-order valence-electron chi connectivity index (χ4n) is 2.21. The van der Waals surface area contributed by atoms with E-state index in [-0.39, 0.29) is 6.54 Å². The predicted octanol–water partition coefficient (Wildman–Crippen LogP) is 1.33. The average Bonchev–Trinajstić information content (AvgIpc) is 2.38. The summed E-state index contributed by atoms with van der Waals surface area (Å²) in [6, 6.07) is 10.7. The van der Waals surface area contributed by atoms with E-state index >= 15 is 0 Å². The number of carboxylic acid groups (broad SMARTS) is 1. The molecule has 1 saturated heterocycles. The lowest BCUT2D eigenvalue weighted by Crippen LogP contribution is -2.44. The van der Waals surface area contributed by atoms with E-state index in [9.17, 15) is 4.79 Å². The Labute approximate surface area is 101 Å². The number of benzene rings is 1. The third kappa shape index (κ3) is 3.46. The van der Waals surface area contributed by atoms with E-state index in [2.05, 4.69) is 22.3 Å². The molecule has 1 aromatic carbocycles. The van der Waals surface area contributed by atoms with E-state index < -0.39 is 5.97 Å². The molecule has 2 N–H and O–H groups in total. The van der Waals surface area contributed by atoms with Crippen molar-refractivity contribution in [3.05, 3.63) is 30.3 Å². The number of rotatable bonds is 4. The fraction of sp³-hybridized carbons (Fsp3) is 0.462. The topological polar surface area (TPSA) is 52.6 Å². The Morgan fingerprint density at radius 2 is 1.94 bits per heavy atom. The zero-order valence-corrected chi connectivity index (χ0v) is 9.80. The van der Waals surface area contributed by atoms with Crippen molar-refractivity contribution in [2.24, 2.45) is 0 Å². The largest absolute Gasteiger partial charge is 0.480 e. The molecule has 17 heavy (non-hydrogen) atoms. The summed E-state index contributed by atoms with van der Waals surface area (Å²) in [5.41, 5.74) is 1.25. The molecular formula is C13H18N2O2. The minimum atomic E-state index is -0.782. The van der Waals surface area contributed by atoms with Crippen LogP contribution in [0.1, 0.15) is 12.8 Å². The molecule has 4 nitrogen and oxygen atoms in total. The highest BCUT2D eigenvalue weighted by atomic mass is 16.4. The molecule has 92 valence electrons. The zero-order chi connectivity index (χ0) is 12.1. The SMILES string of the molecule is O=C(O)CNC1CCN(c2ccccc2)CC1. The number of nitrogens with zero attached hydrogens (tertiary/aromatic N) is 1. The molecule has 0 spiro atoms. The maximum Gasteiger partial charge on any atom is 0.317 e. The van der Waals surface area contributed by atoms with E-state index in [1.54, 1.807) is 0 Å². The molecule has 1 aliphatic heterocycles. The summed E-state index contributed by atoms with van der Waals surface area (Å²) in [5, 5.41) is 11.7. The molecule has 0 saturated carbocycles. The maximum atomic E-state index is 10.5. The van der Waals surface area contributed by atoms with Gasteiger partial charge in [0, 0.05) is 24.8 Å². The van der Waals surface area contributed by atoms with Gasteiger partial charge in [0.2, 0.25) is 0 Å². The summed E-state index contributed by atoms with van der Waals surface area (Å²) >= 11 is 0. The van der Waals surface area contributed by atoms with Crippen LogP contribution in [0.2, 0.25) is 0 Å². The van der Waals surface area contributed by atoms with Crippen molar-refractivity contribution in [3.63, 3.8) is 0 Å². The smallest absolute Gasteiger partial charge is 0.317 e. The van der Waals surface area contributed by atoms with E-state index in [0.717, 1.165) is 25.9 Å². The van der Waals surface area contributed by atoms with Crippen LogP contribution >= 0.6 is 0 Å². The average molecular weight is 234 g/mol. The Kier molecular flexibility index (Phi) is 3.98. The van der Waals surface area contributed by atoms with Crippen molar-refractivity contribution < 1.29 is 9.90 Å². The first-order valence-corrected chi connectivity index (χ1v) is 6.01. The molecule has 1 aromatic rings. The number of aliphatic carboxylic acids is 1. The molecule has 1 fully saturated rings. The van der Waals surface area contributed by atoms with Gasteiger partial charge in [0.05, 0.1) is 6.54 Å². The second-order valence-electron chi connectivity index (χ2n) is 4.37. The van der Waals surface area contributed by atoms with Gasteiger partial charge in [0.1, 0.15) is 0 Å². The van der Waals surface area contributed by atoms with Crippen molar-refractivity contribution in [2.45, 2.75) is 18.9 Å². The number of para-hydroxylation sites is 1. The fourth-order valence-corrected chi connectivity index (χ4v) is 2.21. The molecule has 0 amide bonds. The van der Waals surface area contributed by atoms with Gasteiger partial charge in [-0.3, -0.25) is 4.79 Å². The normalized spacial score (nSPS) is 17.1. The van der Waals surface area contributed by atoms with Gasteiger partial charge in [0.25, 0.3) is 0 Å². The molecule has 0 radical (unpaired) electrons. The minimum Gasteiger partial charge on any atom is -0.480 e. The van der Waals surface area contributed by atoms with Crippen LogP contribution < -0.4 is 10.2 Å². The molecule has 2 rings (SSSR count). The van der Waals surface area contributed by atoms with Crippen LogP contribution in [0.4, 0.5) is 5.69 Å². The van der Waals surface area contributed by atoms with Crippen molar-refractivity contribution >= 4 is 11.7 Å². The van der Waals surface area contributed by atoms with Crippen LogP contribution in [-0.2, 0) is 4.79 Å². The molecule has 0 aromatic heterocycles. The Hall–Kier alpha value is -1.55. The van der Waals surface area contributed by atoms with E-state index in [0.29, 0.717) is 6.04 Å². The quantitative estimate of drug-likeness (QED) is 0.825. The lowest BCUT2D eigenvalue weighted by atomic mass is 10.0. The predicted molar refractivity (Wildman–Crippen MR) is 67.3 cm³/mol. The second kappa shape index (κ2) is 5.68. The van der Waals surface area contributed by atoms with Gasteiger partial charge in [-0.2, -0.15) is 0 Å². The lowest BCUT2D eigenvalue weighted by Gasteiger charge is -2.33. The Balaban J connectivity index is 1.80. The van der Waals surface area contributed by atoms with Gasteiger partial charge in [0.15, 0.2) is 0 Å². The van der Waals surface area contributed by atoms with Crippen LogP contribution in [0.15, 0.2) is 30.3 Å². The van der Waals surface area contributed by atoms with Crippen LogP contribution in [0.25, 0.3) is 0 Å². The minimum absolute atomic E-state index is 0.0655. The van der Waals surface area contributed by atoms with Crippen molar-refractivity contribution in [3.8, 4) is 0 Å². The van der Waals surface area contributed by atoms with Crippen molar-refractivity contribution in [1.29, 1.82) is 0 Å². The first-order valence-electron chi connectivity index (χ1n) is 6.01. The van der Waals surface area contributed by atoms with Gasteiger partial charge in [-0.05, 0) is 25.0 Å². The van der Waals surface area contributed by atoms with Gasteiger partial charge < -0.3 is 15.3 Å². The third-order valence-electron chi connectivity index (χ3n) is 3.16. The zero-order valence-electron chi connectivity index (χ0n) is 9.80. The Morgan fingerprint density at radius 1 is 1.29 bits per heavy atom. The van der Waals surface area contributed by atoms with E-state index in [4.69, 9.17) is 5.11 Å². The van der Waals surface area contributed by atoms with Gasteiger partial charge in [-0.25, -0.2) is 0 Å². The summed E-state index contributed by atoms with van der Waals surface area (Å²) in [5.74, 6) is -0.782. The number of hydrogen-bond acceptors (Lipinski definition) is 3. The first-order chi connectivity index (χ1) is 8.25. The highest BCUT2D eigenvalue weighted by Gasteiger charge is 2.19. The van der Waals surface area contributed by atoms with Crippen molar-refractivity contribution in [1.82, 2.24) is 5.32 Å². The van der Waals surface area contributed by atoms with Crippen molar-refractivity contribution in [2.75, 3.05) is 24.5 Å². The molecule has 0 unspecified atom stereocenters. The summed E-state index contributed by atoms with van der Waals surface area (Å²) in [4.78, 5) is 12.8. The van der Waals surface area contributed by atoms with Crippen LogP contribution in [0.5, 0.6) is 0 Å². The molecule has 1 aliphatic rings. The number of piperidine rings is 1. The molecule has 0 atom stereocenters. The number of hydrogen-bond donors (Lipinski definition) is 2. The second-order valence-corrected chi connectivity index (χ2v) is 4.37. The third-order valence-corrected chi connectivity index (χ3v) is 3.16. The molecule has 4 heteroatoms. The summed E-state index contributed by atoms with van der Waals surface area (Å²) < 4.78 is 0. The Morgan fingerprint density at radius 3 is 2.53 bits per heavy atom. The van der Waals surface area contributed by atoms with Crippen LogP contribution in [-0.4, -0.2) is 36.8 Å². The Bertz CT molecular complexity index is 359. The van der Waals surface area contributed by atoms with Gasteiger partial charge in [-0.1, -0.05) is 18.2 Å². The number of anilines is 1. The molecule has 1 heterocycles. The summed E-state index contributed by atoms with van der Waals surface area (Å²) in [7, 11) is 0. The molecule has 0 bridgehead atoms. The highest BCUT2D eigenvalue weighted by Crippen LogP contribution is 2.19. The monoisotopic (exact) mass is 234 g/mol. The van der Waals surface area contributed by atoms with Crippen LogP contribution in [0, 0.1) is 0 Å². The molecular weight excluding hydrogens is 216 g/mol. The number of nitrogens with one attached hydrogen (secondary N) is 1.